The van der Waals surface area contributed by atoms with Gasteiger partial charge < -0.3 is 11.1 Å². The molecule has 21 heavy (non-hydrogen) atoms. The van der Waals surface area contributed by atoms with Crippen LogP contribution < -0.4 is 11.1 Å². The van der Waals surface area contributed by atoms with Crippen molar-refractivity contribution in [2.45, 2.75) is 13.0 Å². The van der Waals surface area contributed by atoms with E-state index in [4.69, 9.17) is 28.9 Å². The first-order valence-corrected chi connectivity index (χ1v) is 7.35. The molecule has 0 spiro atoms. The lowest BCUT2D eigenvalue weighted by Crippen LogP contribution is -2.17. The van der Waals surface area contributed by atoms with Crippen LogP contribution in [0, 0.1) is 0 Å². The van der Waals surface area contributed by atoms with Crippen LogP contribution in [-0.2, 0) is 13.0 Å². The SMILES string of the molecule is NC(=O)c1ccc(CNCCc2ccc(Cl)cc2Cl)cc1. The van der Waals surface area contributed by atoms with Crippen molar-refractivity contribution in [1.29, 1.82) is 0 Å². The Balaban J connectivity index is 1.80. The summed E-state index contributed by atoms with van der Waals surface area (Å²) in [7, 11) is 0. The minimum absolute atomic E-state index is 0.410. The summed E-state index contributed by atoms with van der Waals surface area (Å²) in [6.07, 6.45) is 0.829. The van der Waals surface area contributed by atoms with Crippen LogP contribution >= 0.6 is 23.2 Å². The molecule has 0 fully saturated rings. The lowest BCUT2D eigenvalue weighted by molar-refractivity contribution is 0.100. The number of nitrogens with one attached hydrogen (secondary N) is 1. The zero-order chi connectivity index (χ0) is 15.2. The van der Waals surface area contributed by atoms with E-state index in [-0.39, 0.29) is 0 Å². The van der Waals surface area contributed by atoms with Gasteiger partial charge in [-0.15, -0.1) is 0 Å². The van der Waals surface area contributed by atoms with Gasteiger partial charge in [0.05, 0.1) is 0 Å². The Bertz CT molecular complexity index is 627. The first kappa shape index (κ1) is 15.8. The highest BCUT2D eigenvalue weighted by Gasteiger charge is 2.02. The van der Waals surface area contributed by atoms with Gasteiger partial charge in [0.1, 0.15) is 0 Å². The van der Waals surface area contributed by atoms with E-state index in [1.54, 1.807) is 18.2 Å². The minimum atomic E-state index is -0.410. The molecule has 3 N–H and O–H groups in total. The molecule has 0 aliphatic heterocycles. The van der Waals surface area contributed by atoms with Gasteiger partial charge in [-0.1, -0.05) is 41.4 Å². The van der Waals surface area contributed by atoms with Gasteiger partial charge in [0.25, 0.3) is 0 Å². The molecular weight excluding hydrogens is 307 g/mol. The first-order chi connectivity index (χ1) is 10.1. The maximum Gasteiger partial charge on any atom is 0.248 e. The smallest absolute Gasteiger partial charge is 0.248 e. The summed E-state index contributed by atoms with van der Waals surface area (Å²) in [5.74, 6) is -0.410. The van der Waals surface area contributed by atoms with Crippen molar-refractivity contribution < 1.29 is 4.79 Å². The third-order valence-corrected chi connectivity index (χ3v) is 3.74. The Morgan fingerprint density at radius 1 is 1.10 bits per heavy atom. The lowest BCUT2D eigenvalue weighted by Gasteiger charge is -2.07. The molecule has 2 rings (SSSR count). The van der Waals surface area contributed by atoms with Crippen molar-refractivity contribution in [1.82, 2.24) is 5.32 Å². The standard InChI is InChI=1S/C16H16Cl2N2O/c17-14-6-5-12(15(18)9-14)7-8-20-10-11-1-3-13(4-2-11)16(19)21/h1-6,9,20H,7-8,10H2,(H2,19,21). The molecule has 0 aliphatic rings. The van der Waals surface area contributed by atoms with Gasteiger partial charge in [-0.3, -0.25) is 4.79 Å². The molecule has 0 aliphatic carbocycles. The largest absolute Gasteiger partial charge is 0.366 e. The van der Waals surface area contributed by atoms with Gasteiger partial charge in [0, 0.05) is 22.2 Å². The van der Waals surface area contributed by atoms with E-state index in [2.05, 4.69) is 5.32 Å². The Labute approximate surface area is 134 Å². The zero-order valence-electron chi connectivity index (χ0n) is 11.4. The molecule has 0 aromatic heterocycles. The number of carbonyl (C=O) groups excluding carboxylic acids is 1. The highest BCUT2D eigenvalue weighted by atomic mass is 35.5. The normalized spacial score (nSPS) is 10.6. The summed E-state index contributed by atoms with van der Waals surface area (Å²) < 4.78 is 0. The van der Waals surface area contributed by atoms with Crippen molar-refractivity contribution >= 4 is 29.1 Å². The Morgan fingerprint density at radius 2 is 1.81 bits per heavy atom. The highest BCUT2D eigenvalue weighted by molar-refractivity contribution is 6.35. The summed E-state index contributed by atoms with van der Waals surface area (Å²) in [5, 5.41) is 4.67. The lowest BCUT2D eigenvalue weighted by atomic mass is 10.1. The third-order valence-electron chi connectivity index (χ3n) is 3.15. The summed E-state index contributed by atoms with van der Waals surface area (Å²) in [6.45, 7) is 1.53. The van der Waals surface area contributed by atoms with Gasteiger partial charge in [-0.2, -0.15) is 0 Å². The van der Waals surface area contributed by atoms with Crippen molar-refractivity contribution in [3.05, 3.63) is 69.2 Å². The van der Waals surface area contributed by atoms with E-state index in [9.17, 15) is 4.79 Å². The molecule has 0 saturated carbocycles. The fourth-order valence-electron chi connectivity index (χ4n) is 1.97. The van der Waals surface area contributed by atoms with Crippen molar-refractivity contribution in [2.75, 3.05) is 6.54 Å². The van der Waals surface area contributed by atoms with Crippen LogP contribution in [0.2, 0.25) is 10.0 Å². The molecule has 2 aromatic carbocycles. The average molecular weight is 323 g/mol. The minimum Gasteiger partial charge on any atom is -0.366 e. The first-order valence-electron chi connectivity index (χ1n) is 6.59. The van der Waals surface area contributed by atoms with Gasteiger partial charge in [0.15, 0.2) is 0 Å². The number of hydrogen-bond acceptors (Lipinski definition) is 2. The van der Waals surface area contributed by atoms with E-state index in [0.29, 0.717) is 15.6 Å². The van der Waals surface area contributed by atoms with Crippen LogP contribution in [0.3, 0.4) is 0 Å². The molecule has 2 aromatic rings. The second-order valence-electron chi connectivity index (χ2n) is 4.72. The summed E-state index contributed by atoms with van der Waals surface area (Å²) in [4.78, 5) is 11.0. The highest BCUT2D eigenvalue weighted by Crippen LogP contribution is 2.21. The number of halogens is 2. The number of benzene rings is 2. The number of amides is 1. The Morgan fingerprint density at radius 3 is 2.43 bits per heavy atom. The topological polar surface area (TPSA) is 55.1 Å². The zero-order valence-corrected chi connectivity index (χ0v) is 12.9. The molecule has 3 nitrogen and oxygen atoms in total. The van der Waals surface area contributed by atoms with Gasteiger partial charge in [0.2, 0.25) is 5.91 Å². The maximum absolute atomic E-state index is 11.0. The number of carbonyl (C=O) groups is 1. The molecule has 1 amide bonds. The number of hydrogen-bond donors (Lipinski definition) is 2. The second kappa shape index (κ2) is 7.46. The van der Waals surface area contributed by atoms with Crippen LogP contribution in [0.5, 0.6) is 0 Å². The summed E-state index contributed by atoms with van der Waals surface area (Å²) in [6, 6.07) is 12.8. The molecule has 0 radical (unpaired) electrons. The summed E-state index contributed by atoms with van der Waals surface area (Å²) in [5.41, 5.74) is 7.88. The van der Waals surface area contributed by atoms with Gasteiger partial charge in [-0.25, -0.2) is 0 Å². The quantitative estimate of drug-likeness (QED) is 0.800. The molecule has 0 bridgehead atoms. The predicted molar refractivity (Wildman–Crippen MR) is 86.8 cm³/mol. The van der Waals surface area contributed by atoms with E-state index >= 15 is 0 Å². The average Bonchev–Trinajstić information content (AvgIpc) is 2.46. The predicted octanol–water partition coefficient (Wildman–Crippen LogP) is 3.42. The van der Waals surface area contributed by atoms with E-state index in [1.807, 2.05) is 24.3 Å². The van der Waals surface area contributed by atoms with Crippen molar-refractivity contribution in [2.24, 2.45) is 5.73 Å². The molecule has 0 unspecified atom stereocenters. The second-order valence-corrected chi connectivity index (χ2v) is 5.57. The molecule has 0 heterocycles. The van der Waals surface area contributed by atoms with Crippen LogP contribution in [0.4, 0.5) is 0 Å². The van der Waals surface area contributed by atoms with Crippen LogP contribution in [-0.4, -0.2) is 12.5 Å². The van der Waals surface area contributed by atoms with Crippen LogP contribution in [0.15, 0.2) is 42.5 Å². The van der Waals surface area contributed by atoms with E-state index < -0.39 is 5.91 Å². The Hall–Kier alpha value is -1.55. The van der Waals surface area contributed by atoms with Crippen LogP contribution in [0.1, 0.15) is 21.5 Å². The van der Waals surface area contributed by atoms with Crippen LogP contribution in [0.25, 0.3) is 0 Å². The third kappa shape index (κ3) is 4.74. The fourth-order valence-corrected chi connectivity index (χ4v) is 2.47. The van der Waals surface area contributed by atoms with Gasteiger partial charge >= 0.3 is 0 Å². The number of primary amides is 1. The van der Waals surface area contributed by atoms with Gasteiger partial charge in [-0.05, 0) is 48.4 Å². The monoisotopic (exact) mass is 322 g/mol. The summed E-state index contributed by atoms with van der Waals surface area (Å²) >= 11 is 12.0. The maximum atomic E-state index is 11.0. The molecular formula is C16H16Cl2N2O. The number of nitrogens with two attached hydrogens (primary N) is 1. The number of rotatable bonds is 6. The molecule has 5 heteroatoms. The van der Waals surface area contributed by atoms with E-state index in [0.717, 1.165) is 30.6 Å². The molecule has 0 saturated heterocycles. The Kier molecular flexibility index (Phi) is 5.62. The molecule has 110 valence electrons. The fraction of sp³-hybridized carbons (Fsp3) is 0.188. The van der Waals surface area contributed by atoms with Crippen molar-refractivity contribution in [3.8, 4) is 0 Å². The van der Waals surface area contributed by atoms with Crippen molar-refractivity contribution in [3.63, 3.8) is 0 Å². The molecule has 0 atom stereocenters. The van der Waals surface area contributed by atoms with E-state index in [1.165, 1.54) is 0 Å².